The first-order valence-electron chi connectivity index (χ1n) is 8.88. The maximum atomic E-state index is 12.2. The van der Waals surface area contributed by atoms with E-state index in [-0.39, 0.29) is 0 Å². The van der Waals surface area contributed by atoms with Crippen LogP contribution in [0.1, 0.15) is 5.82 Å². The highest BCUT2D eigenvalue weighted by Gasteiger charge is 2.19. The number of hydrogen-bond donors (Lipinski definition) is 0. The fourth-order valence-electron chi connectivity index (χ4n) is 2.95. The van der Waals surface area contributed by atoms with Crippen LogP contribution in [0.2, 0.25) is 0 Å². The molecule has 0 amide bonds. The van der Waals surface area contributed by atoms with E-state index in [9.17, 15) is 4.79 Å². The molecule has 0 fully saturated rings. The first-order chi connectivity index (χ1) is 14.6. The van der Waals surface area contributed by atoms with Crippen LogP contribution in [0.4, 0.5) is 4.79 Å². The molecule has 0 aliphatic rings. The molecule has 2 aromatic heterocycles. The summed E-state index contributed by atoms with van der Waals surface area (Å²) in [6.45, 7) is 0. The van der Waals surface area contributed by atoms with Crippen molar-refractivity contribution in [2.24, 2.45) is 0 Å². The molecule has 4 aromatic rings. The Balaban J connectivity index is 1.56. The molecule has 30 heavy (non-hydrogen) atoms. The summed E-state index contributed by atoms with van der Waals surface area (Å²) < 4.78 is 22.6. The quantitative estimate of drug-likeness (QED) is 0.423. The van der Waals surface area contributed by atoms with Gasteiger partial charge < -0.3 is 18.6 Å². The molecule has 154 valence electrons. The molecule has 0 spiro atoms. The molecule has 2 heterocycles. The summed E-state index contributed by atoms with van der Waals surface area (Å²) in [4.78, 5) is 16.8. The van der Waals surface area contributed by atoms with E-state index < -0.39 is 6.09 Å². The van der Waals surface area contributed by atoms with Crippen LogP contribution in [0.5, 0.6) is 11.5 Å². The lowest BCUT2D eigenvalue weighted by molar-refractivity contribution is 0.173. The van der Waals surface area contributed by atoms with E-state index in [0.29, 0.717) is 50.8 Å². The average Bonchev–Trinajstić information content (AvgIpc) is 3.41. The van der Waals surface area contributed by atoms with Gasteiger partial charge in [-0.15, -0.1) is 10.2 Å². The van der Waals surface area contributed by atoms with Crippen LogP contribution in [-0.2, 0) is 10.5 Å². The molecule has 0 saturated heterocycles. The highest BCUT2D eigenvalue weighted by Crippen LogP contribution is 2.33. The van der Waals surface area contributed by atoms with Crippen molar-refractivity contribution in [3.8, 4) is 23.0 Å². The van der Waals surface area contributed by atoms with Gasteiger partial charge in [0.05, 0.1) is 38.1 Å². The molecular weight excluding hydrogens is 408 g/mol. The van der Waals surface area contributed by atoms with Crippen molar-refractivity contribution in [2.75, 3.05) is 21.3 Å². The molecule has 10 heteroatoms. The van der Waals surface area contributed by atoms with E-state index >= 15 is 0 Å². The number of imidazole rings is 1. The standard InChI is InChI=1S/C20H18N4O5S/c1-26-15-9-8-12(10-16(15)27-2)18-22-23-19(29-18)30-11-17-21-13-6-4-5-7-14(13)24(17)20(25)28-3/h4-10H,11H2,1-3H3. The Morgan fingerprint density at radius 3 is 2.63 bits per heavy atom. The van der Waals surface area contributed by atoms with Crippen molar-refractivity contribution in [1.82, 2.24) is 19.7 Å². The third-order valence-electron chi connectivity index (χ3n) is 4.35. The number of benzene rings is 2. The zero-order chi connectivity index (χ0) is 21.1. The van der Waals surface area contributed by atoms with Gasteiger partial charge >= 0.3 is 6.09 Å². The lowest BCUT2D eigenvalue weighted by Crippen LogP contribution is -2.14. The Hall–Kier alpha value is -3.53. The van der Waals surface area contributed by atoms with Crippen LogP contribution < -0.4 is 9.47 Å². The van der Waals surface area contributed by atoms with Crippen LogP contribution in [0.15, 0.2) is 52.1 Å². The van der Waals surface area contributed by atoms with Crippen molar-refractivity contribution < 1.29 is 23.4 Å². The maximum absolute atomic E-state index is 12.2. The predicted octanol–water partition coefficient (Wildman–Crippen LogP) is 4.01. The zero-order valence-electron chi connectivity index (χ0n) is 16.5. The van der Waals surface area contributed by atoms with Crippen LogP contribution in [-0.4, -0.2) is 47.2 Å². The Bertz CT molecular complexity index is 1200. The third kappa shape index (κ3) is 3.69. The number of methoxy groups -OCH3 is 3. The van der Waals surface area contributed by atoms with Crippen LogP contribution in [0, 0.1) is 0 Å². The van der Waals surface area contributed by atoms with E-state index in [1.807, 2.05) is 24.3 Å². The summed E-state index contributed by atoms with van der Waals surface area (Å²) in [6.07, 6.45) is -0.504. The summed E-state index contributed by atoms with van der Waals surface area (Å²) >= 11 is 1.28. The van der Waals surface area contributed by atoms with Gasteiger partial charge in [-0.3, -0.25) is 0 Å². The molecule has 0 unspecified atom stereocenters. The fraction of sp³-hybridized carbons (Fsp3) is 0.200. The van der Waals surface area contributed by atoms with Crippen LogP contribution in [0.25, 0.3) is 22.5 Å². The average molecular weight is 426 g/mol. The molecule has 0 atom stereocenters. The second-order valence-electron chi connectivity index (χ2n) is 6.05. The SMILES string of the molecule is COC(=O)n1c(CSc2nnc(-c3ccc(OC)c(OC)c3)o2)nc2ccccc21. The van der Waals surface area contributed by atoms with Gasteiger partial charge in [-0.25, -0.2) is 14.3 Å². The number of ether oxygens (including phenoxy) is 3. The number of carbonyl (C=O) groups is 1. The normalized spacial score (nSPS) is 10.9. The minimum Gasteiger partial charge on any atom is -0.493 e. The summed E-state index contributed by atoms with van der Waals surface area (Å²) in [5, 5.41) is 8.52. The van der Waals surface area contributed by atoms with Crippen molar-refractivity contribution in [3.63, 3.8) is 0 Å². The van der Waals surface area contributed by atoms with Crippen molar-refractivity contribution in [2.45, 2.75) is 11.0 Å². The molecule has 0 N–H and O–H groups in total. The van der Waals surface area contributed by atoms with Crippen molar-refractivity contribution in [1.29, 1.82) is 0 Å². The second kappa shape index (κ2) is 8.46. The van der Waals surface area contributed by atoms with Gasteiger partial charge in [0.1, 0.15) is 5.82 Å². The van der Waals surface area contributed by atoms with Gasteiger partial charge in [-0.2, -0.15) is 0 Å². The van der Waals surface area contributed by atoms with Crippen molar-refractivity contribution in [3.05, 3.63) is 48.3 Å². The predicted molar refractivity (Wildman–Crippen MR) is 110 cm³/mol. The molecule has 0 radical (unpaired) electrons. The topological polar surface area (TPSA) is 102 Å². The molecule has 2 aromatic carbocycles. The first-order valence-corrected chi connectivity index (χ1v) is 9.86. The van der Waals surface area contributed by atoms with E-state index in [1.165, 1.54) is 23.4 Å². The minimum atomic E-state index is -0.504. The number of aromatic nitrogens is 4. The molecule has 9 nitrogen and oxygen atoms in total. The summed E-state index contributed by atoms with van der Waals surface area (Å²) in [5.41, 5.74) is 2.08. The van der Waals surface area contributed by atoms with E-state index in [2.05, 4.69) is 15.2 Å². The molecule has 0 saturated carbocycles. The Kier molecular flexibility index (Phi) is 5.57. The number of hydrogen-bond acceptors (Lipinski definition) is 9. The van der Waals surface area contributed by atoms with E-state index in [1.54, 1.807) is 32.4 Å². The van der Waals surface area contributed by atoms with E-state index in [4.69, 9.17) is 18.6 Å². The number of rotatable bonds is 6. The monoisotopic (exact) mass is 426 g/mol. The number of nitrogens with zero attached hydrogens (tertiary/aromatic N) is 4. The third-order valence-corrected chi connectivity index (χ3v) is 5.16. The zero-order valence-corrected chi connectivity index (χ0v) is 17.3. The largest absolute Gasteiger partial charge is 0.493 e. The maximum Gasteiger partial charge on any atom is 0.419 e. The lowest BCUT2D eigenvalue weighted by Gasteiger charge is -2.07. The Labute approximate surface area is 176 Å². The summed E-state index contributed by atoms with van der Waals surface area (Å²) in [5.74, 6) is 2.39. The Morgan fingerprint density at radius 2 is 1.87 bits per heavy atom. The van der Waals surface area contributed by atoms with Crippen LogP contribution >= 0.6 is 11.8 Å². The molecule has 4 rings (SSSR count). The summed E-state index contributed by atoms with van der Waals surface area (Å²) in [6, 6.07) is 12.7. The van der Waals surface area contributed by atoms with Gasteiger partial charge in [0.2, 0.25) is 5.89 Å². The van der Waals surface area contributed by atoms with Gasteiger partial charge in [-0.05, 0) is 30.3 Å². The first kappa shape index (κ1) is 19.8. The minimum absolute atomic E-state index is 0.345. The van der Waals surface area contributed by atoms with Crippen LogP contribution in [0.3, 0.4) is 0 Å². The Morgan fingerprint density at radius 1 is 1.07 bits per heavy atom. The summed E-state index contributed by atoms with van der Waals surface area (Å²) in [7, 11) is 4.46. The van der Waals surface area contributed by atoms with Gasteiger partial charge in [0, 0.05) is 5.56 Å². The second-order valence-corrected chi connectivity index (χ2v) is 6.98. The molecular formula is C20H18N4O5S. The van der Waals surface area contributed by atoms with Gasteiger partial charge in [-0.1, -0.05) is 23.9 Å². The number of para-hydroxylation sites is 2. The molecule has 0 aliphatic heterocycles. The number of carbonyl (C=O) groups excluding carboxylic acids is 1. The molecule has 0 aliphatic carbocycles. The van der Waals surface area contributed by atoms with Crippen molar-refractivity contribution >= 4 is 28.9 Å². The molecule has 0 bridgehead atoms. The number of fused-ring (bicyclic) bond motifs is 1. The highest BCUT2D eigenvalue weighted by atomic mass is 32.2. The smallest absolute Gasteiger partial charge is 0.419 e. The lowest BCUT2D eigenvalue weighted by atomic mass is 10.2. The van der Waals surface area contributed by atoms with E-state index in [0.717, 1.165) is 0 Å². The highest BCUT2D eigenvalue weighted by molar-refractivity contribution is 7.98. The van der Waals surface area contributed by atoms with Gasteiger partial charge in [0.15, 0.2) is 11.5 Å². The van der Waals surface area contributed by atoms with Gasteiger partial charge in [0.25, 0.3) is 5.22 Å². The fourth-order valence-corrected chi connectivity index (χ4v) is 3.63. The number of thioether (sulfide) groups is 1.